The van der Waals surface area contributed by atoms with Crippen molar-refractivity contribution in [3.63, 3.8) is 0 Å². The Labute approximate surface area is 116 Å². The molecule has 1 heterocycles. The van der Waals surface area contributed by atoms with Gasteiger partial charge in [0.05, 0.1) is 19.0 Å². The van der Waals surface area contributed by atoms with Crippen LogP contribution in [-0.2, 0) is 6.54 Å². The third kappa shape index (κ3) is 2.78. The van der Waals surface area contributed by atoms with Crippen LogP contribution in [0.4, 0.5) is 0 Å². The number of rotatable bonds is 6. The first-order valence-electron chi connectivity index (χ1n) is 7.55. The SMILES string of the molecule is CCCNC1CCC(c2c(OC)cnn2CC)C1C. The van der Waals surface area contributed by atoms with E-state index in [1.165, 1.54) is 25.0 Å². The second-order valence-electron chi connectivity index (χ2n) is 5.52. The van der Waals surface area contributed by atoms with Gasteiger partial charge in [0, 0.05) is 18.5 Å². The Morgan fingerprint density at radius 3 is 2.84 bits per heavy atom. The smallest absolute Gasteiger partial charge is 0.160 e. The summed E-state index contributed by atoms with van der Waals surface area (Å²) in [6, 6.07) is 0.634. The van der Waals surface area contributed by atoms with E-state index in [1.54, 1.807) is 7.11 Å². The maximum Gasteiger partial charge on any atom is 0.160 e. The maximum absolute atomic E-state index is 5.50. The highest BCUT2D eigenvalue weighted by molar-refractivity contribution is 5.30. The van der Waals surface area contributed by atoms with Crippen LogP contribution in [0.15, 0.2) is 6.20 Å². The quantitative estimate of drug-likeness (QED) is 0.859. The van der Waals surface area contributed by atoms with Crippen LogP contribution in [0.2, 0.25) is 0 Å². The molecular formula is C15H27N3O. The Balaban J connectivity index is 2.16. The lowest BCUT2D eigenvalue weighted by molar-refractivity contribution is 0.369. The second-order valence-corrected chi connectivity index (χ2v) is 5.52. The van der Waals surface area contributed by atoms with E-state index >= 15 is 0 Å². The van der Waals surface area contributed by atoms with Gasteiger partial charge in [-0.05, 0) is 38.6 Å². The number of hydrogen-bond donors (Lipinski definition) is 1. The molecule has 1 aliphatic rings. The van der Waals surface area contributed by atoms with Crippen molar-refractivity contribution in [2.45, 2.75) is 58.5 Å². The number of ether oxygens (including phenoxy) is 1. The van der Waals surface area contributed by atoms with Gasteiger partial charge in [-0.25, -0.2) is 0 Å². The van der Waals surface area contributed by atoms with Gasteiger partial charge in [0.2, 0.25) is 0 Å². The zero-order valence-electron chi connectivity index (χ0n) is 12.6. The summed E-state index contributed by atoms with van der Waals surface area (Å²) >= 11 is 0. The van der Waals surface area contributed by atoms with E-state index in [9.17, 15) is 0 Å². The second kappa shape index (κ2) is 6.42. The first-order chi connectivity index (χ1) is 9.22. The van der Waals surface area contributed by atoms with Gasteiger partial charge in [-0.15, -0.1) is 0 Å². The monoisotopic (exact) mass is 265 g/mol. The maximum atomic E-state index is 5.50. The van der Waals surface area contributed by atoms with Crippen LogP contribution in [0.1, 0.15) is 51.6 Å². The van der Waals surface area contributed by atoms with E-state index in [4.69, 9.17) is 4.74 Å². The molecule has 2 rings (SSSR count). The zero-order valence-corrected chi connectivity index (χ0v) is 12.6. The fourth-order valence-electron chi connectivity index (χ4n) is 3.33. The number of aromatic nitrogens is 2. The summed E-state index contributed by atoms with van der Waals surface area (Å²) in [7, 11) is 1.74. The predicted molar refractivity (Wildman–Crippen MR) is 77.7 cm³/mol. The molecule has 1 aromatic rings. The van der Waals surface area contributed by atoms with Crippen molar-refractivity contribution < 1.29 is 4.74 Å². The Hall–Kier alpha value is -1.03. The van der Waals surface area contributed by atoms with E-state index in [0.29, 0.717) is 17.9 Å². The van der Waals surface area contributed by atoms with Gasteiger partial charge in [0.15, 0.2) is 5.75 Å². The van der Waals surface area contributed by atoms with Gasteiger partial charge in [-0.1, -0.05) is 13.8 Å². The van der Waals surface area contributed by atoms with Crippen LogP contribution in [0.5, 0.6) is 5.75 Å². The van der Waals surface area contributed by atoms with Crippen molar-refractivity contribution in [1.82, 2.24) is 15.1 Å². The summed E-state index contributed by atoms with van der Waals surface area (Å²) in [5, 5.41) is 8.12. The first kappa shape index (κ1) is 14.4. The summed E-state index contributed by atoms with van der Waals surface area (Å²) in [6.07, 6.45) is 5.54. The van der Waals surface area contributed by atoms with Gasteiger partial charge in [0.25, 0.3) is 0 Å². The van der Waals surface area contributed by atoms with Gasteiger partial charge < -0.3 is 10.1 Å². The normalized spacial score (nSPS) is 26.8. The van der Waals surface area contributed by atoms with Crippen LogP contribution in [-0.4, -0.2) is 29.5 Å². The molecule has 1 N–H and O–H groups in total. The number of hydrogen-bond acceptors (Lipinski definition) is 3. The minimum absolute atomic E-state index is 0.562. The average Bonchev–Trinajstić information content (AvgIpc) is 2.99. The van der Waals surface area contributed by atoms with Gasteiger partial charge in [-0.2, -0.15) is 5.10 Å². The molecule has 0 radical (unpaired) electrons. The summed E-state index contributed by atoms with van der Waals surface area (Å²) in [5.74, 6) is 2.16. The molecule has 0 saturated heterocycles. The molecule has 1 saturated carbocycles. The molecule has 0 aromatic carbocycles. The molecule has 3 atom stereocenters. The van der Waals surface area contributed by atoms with E-state index in [1.807, 2.05) is 6.20 Å². The van der Waals surface area contributed by atoms with Gasteiger partial charge in [0.1, 0.15) is 0 Å². The summed E-state index contributed by atoms with van der Waals surface area (Å²) in [4.78, 5) is 0. The topological polar surface area (TPSA) is 39.1 Å². The van der Waals surface area contributed by atoms with Crippen LogP contribution in [0.25, 0.3) is 0 Å². The lowest BCUT2D eigenvalue weighted by atomic mass is 9.92. The van der Waals surface area contributed by atoms with Gasteiger partial charge >= 0.3 is 0 Å². The molecular weight excluding hydrogens is 238 g/mol. The van der Waals surface area contributed by atoms with E-state index in [2.05, 4.69) is 35.9 Å². The van der Waals surface area contributed by atoms with Crippen molar-refractivity contribution >= 4 is 0 Å². The summed E-state index contributed by atoms with van der Waals surface area (Å²) in [6.45, 7) is 8.75. The van der Waals surface area contributed by atoms with Crippen molar-refractivity contribution in [3.8, 4) is 5.75 Å². The average molecular weight is 265 g/mol. The van der Waals surface area contributed by atoms with Crippen molar-refractivity contribution in [3.05, 3.63) is 11.9 Å². The van der Waals surface area contributed by atoms with Crippen molar-refractivity contribution in [1.29, 1.82) is 0 Å². The standard InChI is InChI=1S/C15H27N3O/c1-5-9-16-13-8-7-12(11(13)3)15-14(19-4)10-17-18(15)6-2/h10-13,16H,5-9H2,1-4H3. The minimum atomic E-state index is 0.562. The molecule has 3 unspecified atom stereocenters. The third-order valence-electron chi connectivity index (χ3n) is 4.43. The Morgan fingerprint density at radius 2 is 2.21 bits per heavy atom. The van der Waals surface area contributed by atoms with E-state index in [-0.39, 0.29) is 0 Å². The molecule has 19 heavy (non-hydrogen) atoms. The highest BCUT2D eigenvalue weighted by atomic mass is 16.5. The largest absolute Gasteiger partial charge is 0.493 e. The van der Waals surface area contributed by atoms with Crippen LogP contribution >= 0.6 is 0 Å². The molecule has 1 fully saturated rings. The predicted octanol–water partition coefficient (Wildman–Crippen LogP) is 2.79. The molecule has 0 spiro atoms. The Bertz CT molecular complexity index is 381. The highest BCUT2D eigenvalue weighted by Gasteiger charge is 2.36. The molecule has 4 heteroatoms. The number of aryl methyl sites for hydroxylation is 1. The molecule has 108 valence electrons. The van der Waals surface area contributed by atoms with Crippen LogP contribution in [0, 0.1) is 5.92 Å². The summed E-state index contributed by atoms with van der Waals surface area (Å²) in [5.41, 5.74) is 1.29. The zero-order chi connectivity index (χ0) is 13.8. The number of nitrogens with one attached hydrogen (secondary N) is 1. The third-order valence-corrected chi connectivity index (χ3v) is 4.43. The Kier molecular flexibility index (Phi) is 4.86. The molecule has 0 aliphatic heterocycles. The molecule has 0 bridgehead atoms. The number of methoxy groups -OCH3 is 1. The van der Waals surface area contributed by atoms with Crippen molar-refractivity contribution in [2.24, 2.45) is 5.92 Å². The highest BCUT2D eigenvalue weighted by Crippen LogP contribution is 2.42. The minimum Gasteiger partial charge on any atom is -0.493 e. The summed E-state index contributed by atoms with van der Waals surface area (Å²) < 4.78 is 7.60. The van der Waals surface area contributed by atoms with Gasteiger partial charge in [-0.3, -0.25) is 4.68 Å². The molecule has 1 aromatic heterocycles. The lowest BCUT2D eigenvalue weighted by Gasteiger charge is -2.23. The van der Waals surface area contributed by atoms with E-state index in [0.717, 1.165) is 18.8 Å². The number of nitrogens with zero attached hydrogens (tertiary/aromatic N) is 2. The fourth-order valence-corrected chi connectivity index (χ4v) is 3.33. The molecule has 1 aliphatic carbocycles. The van der Waals surface area contributed by atoms with Crippen molar-refractivity contribution in [2.75, 3.05) is 13.7 Å². The van der Waals surface area contributed by atoms with E-state index < -0.39 is 0 Å². The molecule has 4 nitrogen and oxygen atoms in total. The first-order valence-corrected chi connectivity index (χ1v) is 7.55. The molecule has 0 amide bonds. The van der Waals surface area contributed by atoms with Crippen LogP contribution < -0.4 is 10.1 Å². The fraction of sp³-hybridized carbons (Fsp3) is 0.800. The van der Waals surface area contributed by atoms with Crippen LogP contribution in [0.3, 0.4) is 0 Å². The Morgan fingerprint density at radius 1 is 1.42 bits per heavy atom. The lowest BCUT2D eigenvalue weighted by Crippen LogP contribution is -2.33.